The fourth-order valence-electron chi connectivity index (χ4n) is 3.00. The molecule has 3 heterocycles. The highest BCUT2D eigenvalue weighted by molar-refractivity contribution is 5.89. The maximum Gasteiger partial charge on any atom is 0.321 e. The van der Waals surface area contributed by atoms with E-state index in [2.05, 4.69) is 20.7 Å². The molecule has 0 spiro atoms. The third-order valence-corrected chi connectivity index (χ3v) is 4.47. The molecule has 24 heavy (non-hydrogen) atoms. The Morgan fingerprint density at radius 1 is 1.29 bits per heavy atom. The highest BCUT2D eigenvalue weighted by atomic mass is 16.2. The molecule has 0 unspecified atom stereocenters. The van der Waals surface area contributed by atoms with Crippen molar-refractivity contribution in [2.45, 2.75) is 19.3 Å². The minimum Gasteiger partial charge on any atom is -0.325 e. The van der Waals surface area contributed by atoms with Gasteiger partial charge in [0, 0.05) is 25.5 Å². The van der Waals surface area contributed by atoms with Gasteiger partial charge in [-0.1, -0.05) is 0 Å². The zero-order valence-corrected chi connectivity index (χ0v) is 14.0. The summed E-state index contributed by atoms with van der Waals surface area (Å²) in [5, 5.41) is 10.4. The van der Waals surface area contributed by atoms with Gasteiger partial charge in [-0.05, 0) is 50.9 Å². The summed E-state index contributed by atoms with van der Waals surface area (Å²) in [5.74, 6) is 0.718. The van der Waals surface area contributed by atoms with Crippen molar-refractivity contribution in [2.75, 3.05) is 32.0 Å². The largest absolute Gasteiger partial charge is 0.325 e. The molecule has 2 amide bonds. The Balaban J connectivity index is 1.52. The van der Waals surface area contributed by atoms with E-state index in [1.165, 1.54) is 6.42 Å². The number of hydrogen-bond acceptors (Lipinski definition) is 4. The van der Waals surface area contributed by atoms with Gasteiger partial charge < -0.3 is 15.5 Å². The van der Waals surface area contributed by atoms with E-state index < -0.39 is 0 Å². The van der Waals surface area contributed by atoms with E-state index in [0.29, 0.717) is 5.69 Å². The molecule has 0 radical (unpaired) electrons. The Morgan fingerprint density at radius 2 is 2.04 bits per heavy atom. The van der Waals surface area contributed by atoms with Crippen molar-refractivity contribution in [2.24, 2.45) is 5.92 Å². The molecule has 1 aliphatic heterocycles. The maximum absolute atomic E-state index is 12.4. The number of likely N-dealkylation sites (tertiary alicyclic amines) is 1. The van der Waals surface area contributed by atoms with Crippen LogP contribution in [0.15, 0.2) is 36.9 Å². The van der Waals surface area contributed by atoms with Crippen LogP contribution < -0.4 is 10.6 Å². The van der Waals surface area contributed by atoms with Gasteiger partial charge in [0.05, 0.1) is 23.8 Å². The Hall–Kier alpha value is -2.41. The molecule has 1 saturated heterocycles. The van der Waals surface area contributed by atoms with Crippen LogP contribution in [-0.2, 0) is 0 Å². The number of aromatic nitrogens is 3. The van der Waals surface area contributed by atoms with Crippen LogP contribution >= 0.6 is 0 Å². The number of anilines is 1. The monoisotopic (exact) mass is 328 g/mol. The van der Waals surface area contributed by atoms with E-state index in [-0.39, 0.29) is 6.03 Å². The zero-order valence-electron chi connectivity index (χ0n) is 14.0. The van der Waals surface area contributed by atoms with E-state index in [1.807, 2.05) is 30.3 Å². The summed E-state index contributed by atoms with van der Waals surface area (Å²) in [5.41, 5.74) is 1.62. The molecule has 0 atom stereocenters. The number of nitrogens with one attached hydrogen (secondary N) is 2. The van der Waals surface area contributed by atoms with Crippen molar-refractivity contribution in [3.63, 3.8) is 0 Å². The van der Waals surface area contributed by atoms with E-state index in [1.54, 1.807) is 23.3 Å². The van der Waals surface area contributed by atoms with E-state index in [4.69, 9.17) is 0 Å². The number of piperidine rings is 1. The Kier molecular flexibility index (Phi) is 5.43. The summed E-state index contributed by atoms with van der Waals surface area (Å²) in [6.45, 7) is 2.68. The highest BCUT2D eigenvalue weighted by Gasteiger charge is 2.22. The van der Waals surface area contributed by atoms with Gasteiger partial charge in [-0.3, -0.25) is 4.98 Å². The maximum atomic E-state index is 12.4. The van der Waals surface area contributed by atoms with Gasteiger partial charge in [0.15, 0.2) is 0 Å². The summed E-state index contributed by atoms with van der Waals surface area (Å²) in [4.78, 5) is 18.3. The number of hydrogen-bond donors (Lipinski definition) is 2. The third-order valence-electron chi connectivity index (χ3n) is 4.47. The second-order valence-electron chi connectivity index (χ2n) is 6.13. The molecule has 1 fully saturated rings. The van der Waals surface area contributed by atoms with Crippen molar-refractivity contribution in [1.29, 1.82) is 0 Å². The number of amides is 2. The summed E-state index contributed by atoms with van der Waals surface area (Å²) >= 11 is 0. The van der Waals surface area contributed by atoms with Crippen molar-refractivity contribution in [3.8, 4) is 5.69 Å². The van der Waals surface area contributed by atoms with Gasteiger partial charge in [0.25, 0.3) is 0 Å². The highest BCUT2D eigenvalue weighted by Crippen LogP contribution is 2.21. The van der Waals surface area contributed by atoms with Gasteiger partial charge >= 0.3 is 6.03 Å². The fourth-order valence-corrected chi connectivity index (χ4v) is 3.00. The van der Waals surface area contributed by atoms with Gasteiger partial charge in [-0.25, -0.2) is 9.48 Å². The van der Waals surface area contributed by atoms with Gasteiger partial charge in [-0.15, -0.1) is 0 Å². The summed E-state index contributed by atoms with van der Waals surface area (Å²) in [6.07, 6.45) is 10.2. The number of pyridine rings is 1. The van der Waals surface area contributed by atoms with E-state index in [9.17, 15) is 4.79 Å². The molecule has 2 aromatic rings. The zero-order chi connectivity index (χ0) is 16.8. The summed E-state index contributed by atoms with van der Waals surface area (Å²) in [7, 11) is 1.98. The molecular formula is C17H24N6O. The lowest BCUT2D eigenvalue weighted by Crippen LogP contribution is -2.41. The van der Waals surface area contributed by atoms with Gasteiger partial charge in [-0.2, -0.15) is 5.10 Å². The molecule has 2 aromatic heterocycles. The van der Waals surface area contributed by atoms with E-state index >= 15 is 0 Å². The lowest BCUT2D eigenvalue weighted by Gasteiger charge is -2.31. The average molecular weight is 328 g/mol. The van der Waals surface area contributed by atoms with Crippen molar-refractivity contribution >= 4 is 11.7 Å². The minimum absolute atomic E-state index is 0.0451. The molecule has 1 aliphatic rings. The molecule has 0 aliphatic carbocycles. The number of urea groups is 1. The molecule has 7 heteroatoms. The standard InChI is InChI=1S/C17H24N6O/c1-18-7-2-14-5-10-22(11-6-14)17(24)21-15-12-20-23(13-15)16-3-8-19-9-4-16/h3-4,8-9,12-14,18H,2,5-7,10-11H2,1H3,(H,21,24). The molecule has 0 aromatic carbocycles. The van der Waals surface area contributed by atoms with Gasteiger partial charge in [0.2, 0.25) is 0 Å². The second-order valence-corrected chi connectivity index (χ2v) is 6.13. The first kappa shape index (κ1) is 16.4. The predicted molar refractivity (Wildman–Crippen MR) is 93.2 cm³/mol. The van der Waals surface area contributed by atoms with Crippen LogP contribution in [0, 0.1) is 5.92 Å². The molecular weight excluding hydrogens is 304 g/mol. The number of carbonyl (C=O) groups excluding carboxylic acids is 1. The number of carbonyl (C=O) groups is 1. The Bertz CT molecular complexity index is 648. The summed E-state index contributed by atoms with van der Waals surface area (Å²) in [6, 6.07) is 3.69. The molecule has 3 rings (SSSR count). The topological polar surface area (TPSA) is 75.1 Å². The van der Waals surface area contributed by atoms with Crippen molar-refractivity contribution in [1.82, 2.24) is 25.0 Å². The van der Waals surface area contributed by atoms with Crippen LogP contribution in [0.4, 0.5) is 10.5 Å². The van der Waals surface area contributed by atoms with Crippen LogP contribution in [0.25, 0.3) is 5.69 Å². The Morgan fingerprint density at radius 3 is 2.75 bits per heavy atom. The van der Waals surface area contributed by atoms with Gasteiger partial charge in [0.1, 0.15) is 0 Å². The van der Waals surface area contributed by atoms with Crippen molar-refractivity contribution in [3.05, 3.63) is 36.9 Å². The second kappa shape index (κ2) is 7.92. The Labute approximate surface area is 142 Å². The smallest absolute Gasteiger partial charge is 0.321 e. The molecule has 128 valence electrons. The SMILES string of the molecule is CNCCC1CCN(C(=O)Nc2cnn(-c3ccncc3)c2)CC1. The van der Waals surface area contributed by atoms with Crippen LogP contribution in [0.5, 0.6) is 0 Å². The van der Waals surface area contributed by atoms with Crippen LogP contribution in [0.2, 0.25) is 0 Å². The molecule has 7 nitrogen and oxygen atoms in total. The minimum atomic E-state index is -0.0451. The normalized spacial score (nSPS) is 15.5. The first-order chi connectivity index (χ1) is 11.8. The fraction of sp³-hybridized carbons (Fsp3) is 0.471. The van der Waals surface area contributed by atoms with Crippen LogP contribution in [0.1, 0.15) is 19.3 Å². The molecule has 2 N–H and O–H groups in total. The lowest BCUT2D eigenvalue weighted by molar-refractivity contribution is 0.180. The quantitative estimate of drug-likeness (QED) is 0.881. The predicted octanol–water partition coefficient (Wildman–Crippen LogP) is 2.12. The number of rotatable bonds is 5. The number of nitrogens with zero attached hydrogens (tertiary/aromatic N) is 4. The summed E-state index contributed by atoms with van der Waals surface area (Å²) < 4.78 is 1.72. The average Bonchev–Trinajstić information content (AvgIpc) is 3.09. The molecule has 0 saturated carbocycles. The van der Waals surface area contributed by atoms with Crippen molar-refractivity contribution < 1.29 is 4.79 Å². The lowest BCUT2D eigenvalue weighted by atomic mass is 9.94. The first-order valence-corrected chi connectivity index (χ1v) is 8.42. The van der Waals surface area contributed by atoms with Crippen LogP contribution in [0.3, 0.4) is 0 Å². The third kappa shape index (κ3) is 4.11. The molecule has 0 bridgehead atoms. The van der Waals surface area contributed by atoms with Crippen LogP contribution in [-0.4, -0.2) is 52.4 Å². The van der Waals surface area contributed by atoms with E-state index in [0.717, 1.165) is 44.1 Å². The first-order valence-electron chi connectivity index (χ1n) is 8.42.